The molecule has 1 aromatic carbocycles. The number of hydrogen-bond donors (Lipinski definition) is 0. The number of nitrogens with zero attached hydrogens (tertiary/aromatic N) is 1. The van der Waals surface area contributed by atoms with Crippen LogP contribution in [0, 0.1) is 11.3 Å². The summed E-state index contributed by atoms with van der Waals surface area (Å²) in [6.45, 7) is 1.66. The Balaban J connectivity index is 3.22. The van der Waals surface area contributed by atoms with Crippen molar-refractivity contribution in [3.63, 3.8) is 0 Å². The number of hydrogen-bond acceptors (Lipinski definition) is 4. The van der Waals surface area contributed by atoms with Gasteiger partial charge < -0.3 is 9.47 Å². The average molecular weight is 338 g/mol. The molecule has 0 aromatic heterocycles. The molecule has 0 aliphatic heterocycles. The van der Waals surface area contributed by atoms with E-state index in [1.54, 1.807) is 13.0 Å². The molecule has 0 unspecified atom stereocenters. The average Bonchev–Trinajstić information content (AvgIpc) is 2.29. The van der Waals surface area contributed by atoms with Gasteiger partial charge in [-0.1, -0.05) is 0 Å². The highest BCUT2D eigenvalue weighted by molar-refractivity contribution is 9.10. The molecule has 0 aliphatic rings. The van der Waals surface area contributed by atoms with Gasteiger partial charge in [-0.15, -0.1) is 13.2 Å². The Morgan fingerprint density at radius 1 is 1.47 bits per heavy atom. The zero-order chi connectivity index (χ0) is 14.6. The molecular weight excluding hydrogens is 331 g/mol. The summed E-state index contributed by atoms with van der Waals surface area (Å²) in [5.41, 5.74) is -0.397. The maximum atomic E-state index is 12.1. The fourth-order valence-electron chi connectivity index (χ4n) is 1.23. The minimum atomic E-state index is -4.89. The summed E-state index contributed by atoms with van der Waals surface area (Å²) >= 11 is 2.84. The molecule has 8 heteroatoms. The molecule has 0 bridgehead atoms. The highest BCUT2D eigenvalue weighted by Crippen LogP contribution is 2.33. The van der Waals surface area contributed by atoms with Crippen LogP contribution in [0.5, 0.6) is 5.75 Å². The molecule has 1 rings (SSSR count). The second kappa shape index (κ2) is 5.93. The first-order valence-electron chi connectivity index (χ1n) is 4.95. The third-order valence-corrected chi connectivity index (χ3v) is 2.53. The van der Waals surface area contributed by atoms with Gasteiger partial charge in [-0.25, -0.2) is 4.79 Å². The number of alkyl halides is 3. The van der Waals surface area contributed by atoms with Crippen LogP contribution in [0.4, 0.5) is 13.2 Å². The van der Waals surface area contributed by atoms with E-state index < -0.39 is 18.1 Å². The quantitative estimate of drug-likeness (QED) is 0.793. The van der Waals surface area contributed by atoms with Gasteiger partial charge in [0.05, 0.1) is 22.2 Å². The van der Waals surface area contributed by atoms with Crippen molar-refractivity contribution in [1.82, 2.24) is 0 Å². The van der Waals surface area contributed by atoms with Gasteiger partial charge in [0.2, 0.25) is 0 Å². The highest BCUT2D eigenvalue weighted by Gasteiger charge is 2.32. The minimum absolute atomic E-state index is 0.0854. The van der Waals surface area contributed by atoms with Crippen LogP contribution in [-0.2, 0) is 4.74 Å². The summed E-state index contributed by atoms with van der Waals surface area (Å²) in [5, 5.41) is 8.84. The summed E-state index contributed by atoms with van der Waals surface area (Å²) in [5.74, 6) is -1.39. The molecule has 102 valence electrons. The van der Waals surface area contributed by atoms with Gasteiger partial charge in [-0.05, 0) is 28.9 Å². The largest absolute Gasteiger partial charge is 0.573 e. The standard InChI is InChI=1S/C11H7BrF3NO3/c1-2-18-10(17)7-4-8(12)9(3-6(7)5-16)19-11(13,14)15/h3-4H,2H2,1H3. The van der Waals surface area contributed by atoms with Crippen molar-refractivity contribution >= 4 is 21.9 Å². The van der Waals surface area contributed by atoms with E-state index in [4.69, 9.17) is 10.00 Å². The van der Waals surface area contributed by atoms with E-state index in [1.165, 1.54) is 0 Å². The second-order valence-electron chi connectivity index (χ2n) is 3.21. The molecule has 0 radical (unpaired) electrons. The molecule has 1 aromatic rings. The van der Waals surface area contributed by atoms with E-state index in [2.05, 4.69) is 20.7 Å². The fraction of sp³-hybridized carbons (Fsp3) is 0.273. The van der Waals surface area contributed by atoms with Gasteiger partial charge in [0.15, 0.2) is 0 Å². The number of ether oxygens (including phenoxy) is 2. The summed E-state index contributed by atoms with van der Waals surface area (Å²) in [4.78, 5) is 11.5. The topological polar surface area (TPSA) is 59.3 Å². The minimum Gasteiger partial charge on any atom is -0.462 e. The first kappa shape index (κ1) is 15.3. The maximum absolute atomic E-state index is 12.1. The number of carbonyl (C=O) groups is 1. The van der Waals surface area contributed by atoms with Crippen molar-refractivity contribution in [2.75, 3.05) is 6.61 Å². The van der Waals surface area contributed by atoms with Crippen LogP contribution in [0.25, 0.3) is 0 Å². The van der Waals surface area contributed by atoms with Crippen molar-refractivity contribution in [1.29, 1.82) is 5.26 Å². The maximum Gasteiger partial charge on any atom is 0.573 e. The summed E-state index contributed by atoms with van der Waals surface area (Å²) in [6.07, 6.45) is -4.89. The van der Waals surface area contributed by atoms with Gasteiger partial charge in [-0.2, -0.15) is 5.26 Å². The molecule has 0 saturated heterocycles. The van der Waals surface area contributed by atoms with Crippen molar-refractivity contribution < 1.29 is 27.4 Å². The van der Waals surface area contributed by atoms with Gasteiger partial charge in [0.25, 0.3) is 0 Å². The van der Waals surface area contributed by atoms with Crippen molar-refractivity contribution in [2.24, 2.45) is 0 Å². The zero-order valence-corrected chi connectivity index (χ0v) is 11.1. The Bertz CT molecular complexity index is 537. The summed E-state index contributed by atoms with van der Waals surface area (Å²) < 4.78 is 44.7. The molecule has 0 saturated carbocycles. The van der Waals surface area contributed by atoms with E-state index in [9.17, 15) is 18.0 Å². The van der Waals surface area contributed by atoms with Gasteiger partial charge in [0.1, 0.15) is 11.8 Å². The number of carbonyl (C=O) groups excluding carboxylic acids is 1. The molecule has 0 spiro atoms. The lowest BCUT2D eigenvalue weighted by Crippen LogP contribution is -2.18. The van der Waals surface area contributed by atoms with E-state index >= 15 is 0 Å². The Kier molecular flexibility index (Phi) is 4.78. The Morgan fingerprint density at radius 3 is 2.58 bits per heavy atom. The smallest absolute Gasteiger partial charge is 0.462 e. The molecule has 0 aliphatic carbocycles. The van der Waals surface area contributed by atoms with Crippen molar-refractivity contribution in [2.45, 2.75) is 13.3 Å². The molecule has 0 N–H and O–H groups in total. The predicted octanol–water partition coefficient (Wildman–Crippen LogP) is 3.40. The third kappa shape index (κ3) is 4.13. The van der Waals surface area contributed by atoms with Crippen LogP contribution in [0.15, 0.2) is 16.6 Å². The fourth-order valence-corrected chi connectivity index (χ4v) is 1.65. The Labute approximate surface area is 114 Å². The molecule has 0 atom stereocenters. The van der Waals surface area contributed by atoms with Crippen LogP contribution in [0.3, 0.4) is 0 Å². The number of benzene rings is 1. The molecule has 4 nitrogen and oxygen atoms in total. The molecule has 0 fully saturated rings. The van der Waals surface area contributed by atoms with E-state index in [1.807, 2.05) is 0 Å². The van der Waals surface area contributed by atoms with E-state index in [0.29, 0.717) is 0 Å². The molecule has 0 heterocycles. The second-order valence-corrected chi connectivity index (χ2v) is 4.06. The van der Waals surface area contributed by atoms with Crippen LogP contribution in [-0.4, -0.2) is 18.9 Å². The van der Waals surface area contributed by atoms with Crippen molar-refractivity contribution in [3.05, 3.63) is 27.7 Å². The van der Waals surface area contributed by atoms with Crippen LogP contribution in [0.1, 0.15) is 22.8 Å². The highest BCUT2D eigenvalue weighted by atomic mass is 79.9. The summed E-state index contributed by atoms with van der Waals surface area (Å²) in [7, 11) is 0. The lowest BCUT2D eigenvalue weighted by Gasteiger charge is -2.12. The predicted molar refractivity (Wildman–Crippen MR) is 61.5 cm³/mol. The third-order valence-electron chi connectivity index (χ3n) is 1.91. The number of nitriles is 1. The van der Waals surface area contributed by atoms with E-state index in [0.717, 1.165) is 12.1 Å². The van der Waals surface area contributed by atoms with Crippen LogP contribution in [0.2, 0.25) is 0 Å². The van der Waals surface area contributed by atoms with Gasteiger partial charge in [0, 0.05) is 6.07 Å². The Morgan fingerprint density at radius 2 is 2.11 bits per heavy atom. The van der Waals surface area contributed by atoms with Crippen molar-refractivity contribution in [3.8, 4) is 11.8 Å². The van der Waals surface area contributed by atoms with Gasteiger partial charge >= 0.3 is 12.3 Å². The van der Waals surface area contributed by atoms with E-state index in [-0.39, 0.29) is 22.2 Å². The first-order valence-corrected chi connectivity index (χ1v) is 5.74. The number of esters is 1. The first-order chi connectivity index (χ1) is 8.78. The monoisotopic (exact) mass is 337 g/mol. The molecule has 0 amide bonds. The molecule has 19 heavy (non-hydrogen) atoms. The summed E-state index contributed by atoms with van der Waals surface area (Å²) in [6, 6.07) is 3.50. The lowest BCUT2D eigenvalue weighted by atomic mass is 10.1. The van der Waals surface area contributed by atoms with Crippen LogP contribution >= 0.6 is 15.9 Å². The Hall–Kier alpha value is -1.75. The van der Waals surface area contributed by atoms with Crippen LogP contribution < -0.4 is 4.74 Å². The zero-order valence-electron chi connectivity index (χ0n) is 9.55. The SMILES string of the molecule is CCOC(=O)c1cc(Br)c(OC(F)(F)F)cc1C#N. The molecular formula is C11H7BrF3NO3. The van der Waals surface area contributed by atoms with Gasteiger partial charge in [-0.3, -0.25) is 0 Å². The number of rotatable bonds is 3. The normalized spacial score (nSPS) is 10.7. The lowest BCUT2D eigenvalue weighted by molar-refractivity contribution is -0.274. The number of halogens is 4.